The van der Waals surface area contributed by atoms with E-state index in [1.807, 2.05) is 24.3 Å². The summed E-state index contributed by atoms with van der Waals surface area (Å²) in [5.74, 6) is -0.478. The van der Waals surface area contributed by atoms with Crippen molar-refractivity contribution in [3.8, 4) is 0 Å². The molecule has 7 nitrogen and oxygen atoms in total. The number of nitrogens with one attached hydrogen (secondary N) is 1. The molecule has 0 unspecified atom stereocenters. The van der Waals surface area contributed by atoms with Gasteiger partial charge in [-0.25, -0.2) is 13.4 Å². The van der Waals surface area contributed by atoms with E-state index in [9.17, 15) is 18.0 Å². The molecule has 0 bridgehead atoms. The first kappa shape index (κ1) is 21.5. The number of sulfone groups is 1. The summed E-state index contributed by atoms with van der Waals surface area (Å²) in [7, 11) is -3.32. The van der Waals surface area contributed by atoms with Crippen LogP contribution in [0.5, 0.6) is 0 Å². The Bertz CT molecular complexity index is 1280. The van der Waals surface area contributed by atoms with Crippen LogP contribution in [0, 0.1) is 5.92 Å². The Morgan fingerprint density at radius 2 is 2.00 bits per heavy atom. The summed E-state index contributed by atoms with van der Waals surface area (Å²) in [4.78, 5) is 31.6. The minimum absolute atomic E-state index is 0.0804. The Morgan fingerprint density at radius 1 is 1.23 bits per heavy atom. The number of rotatable bonds is 5. The molecule has 1 aliphatic heterocycles. The second-order valence-electron chi connectivity index (χ2n) is 8.07. The predicted octanol–water partition coefficient (Wildman–Crippen LogP) is 3.81. The summed E-state index contributed by atoms with van der Waals surface area (Å²) in [6.45, 7) is 4.51. The molecular formula is C22H23N3O4S2. The van der Waals surface area contributed by atoms with Crippen molar-refractivity contribution in [2.75, 3.05) is 23.0 Å². The minimum Gasteiger partial charge on any atom is -0.312 e. The normalized spacial score (nSPS) is 17.0. The van der Waals surface area contributed by atoms with E-state index in [0.29, 0.717) is 27.8 Å². The quantitative estimate of drug-likeness (QED) is 0.628. The third kappa shape index (κ3) is 4.47. The summed E-state index contributed by atoms with van der Waals surface area (Å²) in [6, 6.07) is 12.5. The maximum Gasteiger partial charge on any atom is 0.231 e. The average molecular weight is 458 g/mol. The zero-order valence-corrected chi connectivity index (χ0v) is 19.1. The molecule has 3 aromatic rings. The van der Waals surface area contributed by atoms with Gasteiger partial charge in [0.15, 0.2) is 15.0 Å². The van der Waals surface area contributed by atoms with E-state index in [1.54, 1.807) is 17.0 Å². The molecule has 2 heterocycles. The van der Waals surface area contributed by atoms with Gasteiger partial charge in [0, 0.05) is 24.9 Å². The van der Waals surface area contributed by atoms with Crippen molar-refractivity contribution < 1.29 is 18.0 Å². The highest BCUT2D eigenvalue weighted by Crippen LogP contribution is 2.31. The fraction of sp³-hybridized carbons (Fsp3) is 0.318. The molecule has 1 saturated heterocycles. The number of carbonyl (C=O) groups is 2. The lowest BCUT2D eigenvalue weighted by atomic mass is 10.0. The van der Waals surface area contributed by atoms with Gasteiger partial charge in [0.2, 0.25) is 11.8 Å². The van der Waals surface area contributed by atoms with Gasteiger partial charge in [0.25, 0.3) is 0 Å². The number of fused-ring (bicyclic) bond motifs is 1. The molecule has 1 aromatic heterocycles. The van der Waals surface area contributed by atoms with Crippen molar-refractivity contribution in [3.05, 3.63) is 48.0 Å². The Morgan fingerprint density at radius 3 is 2.71 bits per heavy atom. The van der Waals surface area contributed by atoms with Crippen LogP contribution in [0.2, 0.25) is 0 Å². The van der Waals surface area contributed by atoms with Gasteiger partial charge in [-0.05, 0) is 41.8 Å². The zero-order chi connectivity index (χ0) is 22.3. The van der Waals surface area contributed by atoms with Gasteiger partial charge >= 0.3 is 0 Å². The van der Waals surface area contributed by atoms with E-state index in [2.05, 4.69) is 24.1 Å². The van der Waals surface area contributed by atoms with Crippen molar-refractivity contribution in [2.24, 2.45) is 5.92 Å². The number of nitrogens with zero attached hydrogens (tertiary/aromatic N) is 2. The molecule has 0 saturated carbocycles. The highest BCUT2D eigenvalue weighted by atomic mass is 32.2. The molecule has 9 heteroatoms. The zero-order valence-electron chi connectivity index (χ0n) is 17.5. The SMILES string of the molecule is CC(C)c1cccc(N2C[C@@H](C(=O)Nc3nc4ccc(S(C)(=O)=O)cc4s3)CC2=O)c1. The van der Waals surface area contributed by atoms with Crippen molar-refractivity contribution in [2.45, 2.75) is 31.1 Å². The van der Waals surface area contributed by atoms with Crippen molar-refractivity contribution in [1.82, 2.24) is 4.98 Å². The Labute approximate surface area is 185 Å². The van der Waals surface area contributed by atoms with E-state index in [-0.39, 0.29) is 23.1 Å². The molecule has 162 valence electrons. The van der Waals surface area contributed by atoms with Gasteiger partial charge in [-0.2, -0.15) is 0 Å². The van der Waals surface area contributed by atoms with Gasteiger partial charge in [0.1, 0.15) is 0 Å². The van der Waals surface area contributed by atoms with Crippen LogP contribution < -0.4 is 10.2 Å². The average Bonchev–Trinajstić information content (AvgIpc) is 3.29. The number of carbonyl (C=O) groups excluding carboxylic acids is 2. The number of anilines is 2. The number of aromatic nitrogens is 1. The second kappa shape index (κ2) is 8.05. The molecule has 1 atom stereocenters. The third-order valence-electron chi connectivity index (χ3n) is 5.36. The first-order valence-electron chi connectivity index (χ1n) is 9.93. The lowest BCUT2D eigenvalue weighted by Crippen LogP contribution is -2.28. The predicted molar refractivity (Wildman–Crippen MR) is 122 cm³/mol. The number of thiazole rings is 1. The van der Waals surface area contributed by atoms with Crippen LogP contribution >= 0.6 is 11.3 Å². The molecule has 2 amide bonds. The maximum absolute atomic E-state index is 12.8. The molecule has 1 N–H and O–H groups in total. The largest absolute Gasteiger partial charge is 0.312 e. The summed E-state index contributed by atoms with van der Waals surface area (Å²) >= 11 is 1.21. The van der Waals surface area contributed by atoms with Crippen LogP contribution in [0.25, 0.3) is 10.2 Å². The van der Waals surface area contributed by atoms with Crippen LogP contribution in [0.4, 0.5) is 10.8 Å². The van der Waals surface area contributed by atoms with Gasteiger partial charge in [0.05, 0.1) is 21.0 Å². The second-order valence-corrected chi connectivity index (χ2v) is 11.1. The molecule has 4 rings (SSSR count). The monoisotopic (exact) mass is 457 g/mol. The maximum atomic E-state index is 12.8. The van der Waals surface area contributed by atoms with Crippen molar-refractivity contribution in [3.63, 3.8) is 0 Å². The van der Waals surface area contributed by atoms with E-state index >= 15 is 0 Å². The van der Waals surface area contributed by atoms with Crippen molar-refractivity contribution >= 4 is 54.0 Å². The summed E-state index contributed by atoms with van der Waals surface area (Å²) < 4.78 is 24.2. The van der Waals surface area contributed by atoms with E-state index in [0.717, 1.165) is 17.5 Å². The topological polar surface area (TPSA) is 96.4 Å². The number of amides is 2. The van der Waals surface area contributed by atoms with Gasteiger partial charge in [-0.3, -0.25) is 9.59 Å². The van der Waals surface area contributed by atoms with Gasteiger partial charge in [-0.15, -0.1) is 0 Å². The Balaban J connectivity index is 1.49. The molecular weight excluding hydrogens is 434 g/mol. The van der Waals surface area contributed by atoms with Crippen molar-refractivity contribution in [1.29, 1.82) is 0 Å². The highest BCUT2D eigenvalue weighted by molar-refractivity contribution is 7.90. The van der Waals surface area contributed by atoms with Crippen LogP contribution in [0.1, 0.15) is 31.7 Å². The number of hydrogen-bond acceptors (Lipinski definition) is 6. The lowest BCUT2D eigenvalue weighted by Gasteiger charge is -2.18. The van der Waals surface area contributed by atoms with Crippen LogP contribution in [-0.2, 0) is 19.4 Å². The van der Waals surface area contributed by atoms with E-state index < -0.39 is 15.8 Å². The standard InChI is InChI=1S/C22H23N3O4S2/c1-13(2)14-5-4-6-16(9-14)25-12-15(10-20(25)26)21(27)24-22-23-18-8-7-17(31(3,28)29)11-19(18)30-22/h4-9,11,13,15H,10,12H2,1-3H3,(H,23,24,27)/t15-/m0/s1. The fourth-order valence-electron chi connectivity index (χ4n) is 3.58. The Hall–Kier alpha value is -2.78. The highest BCUT2D eigenvalue weighted by Gasteiger charge is 2.35. The molecule has 1 fully saturated rings. The first-order valence-corrected chi connectivity index (χ1v) is 12.6. The molecule has 0 spiro atoms. The molecule has 31 heavy (non-hydrogen) atoms. The van der Waals surface area contributed by atoms with Crippen LogP contribution in [-0.4, -0.2) is 38.0 Å². The molecule has 0 aliphatic carbocycles. The van der Waals surface area contributed by atoms with E-state index in [4.69, 9.17) is 0 Å². The van der Waals surface area contributed by atoms with Gasteiger partial charge < -0.3 is 10.2 Å². The lowest BCUT2D eigenvalue weighted by molar-refractivity contribution is -0.122. The molecule has 2 aromatic carbocycles. The number of benzene rings is 2. The summed E-state index contributed by atoms with van der Waals surface area (Å²) in [5.41, 5.74) is 2.56. The molecule has 0 radical (unpaired) electrons. The first-order chi connectivity index (χ1) is 14.6. The smallest absolute Gasteiger partial charge is 0.231 e. The third-order valence-corrected chi connectivity index (χ3v) is 7.41. The summed E-state index contributed by atoms with van der Waals surface area (Å²) in [5, 5.41) is 3.18. The number of hydrogen-bond donors (Lipinski definition) is 1. The van der Waals surface area contributed by atoms with Crippen LogP contribution in [0.3, 0.4) is 0 Å². The Kier molecular flexibility index (Phi) is 5.57. The van der Waals surface area contributed by atoms with E-state index in [1.165, 1.54) is 17.4 Å². The minimum atomic E-state index is -3.32. The van der Waals surface area contributed by atoms with Gasteiger partial charge in [-0.1, -0.05) is 37.3 Å². The molecule has 1 aliphatic rings. The fourth-order valence-corrected chi connectivity index (χ4v) is 5.21. The van der Waals surface area contributed by atoms with Crippen LogP contribution in [0.15, 0.2) is 47.4 Å². The summed E-state index contributed by atoms with van der Waals surface area (Å²) in [6.07, 6.45) is 1.29.